The van der Waals surface area contributed by atoms with Crippen LogP contribution in [0.5, 0.6) is 0 Å². The molecule has 0 saturated carbocycles. The van der Waals surface area contributed by atoms with Crippen molar-refractivity contribution in [2.45, 2.75) is 13.0 Å². The predicted octanol–water partition coefficient (Wildman–Crippen LogP) is 3.37. The van der Waals surface area contributed by atoms with Crippen LogP contribution in [0, 0.1) is 15.9 Å². The highest BCUT2D eigenvalue weighted by atomic mass is 35.5. The van der Waals surface area contributed by atoms with Crippen LogP contribution < -0.4 is 10.6 Å². The fourth-order valence-electron chi connectivity index (χ4n) is 1.98. The molecule has 0 aliphatic carbocycles. The smallest absolute Gasteiger partial charge is 0.353 e. The van der Waals surface area contributed by atoms with Gasteiger partial charge in [0.1, 0.15) is 12.1 Å². The lowest BCUT2D eigenvalue weighted by molar-refractivity contribution is -0.383. The third kappa shape index (κ3) is 4.27. The van der Waals surface area contributed by atoms with E-state index in [2.05, 4.69) is 20.6 Å². The third-order valence-corrected chi connectivity index (χ3v) is 3.28. The summed E-state index contributed by atoms with van der Waals surface area (Å²) in [5, 5.41) is 17.0. The van der Waals surface area contributed by atoms with E-state index in [-0.39, 0.29) is 28.4 Å². The first-order valence-electron chi connectivity index (χ1n) is 6.89. The minimum Gasteiger partial charge on any atom is -0.383 e. The molecule has 24 heavy (non-hydrogen) atoms. The molecule has 1 atom stereocenters. The number of hydrogen-bond donors (Lipinski definition) is 2. The number of benzene rings is 1. The van der Waals surface area contributed by atoms with Crippen molar-refractivity contribution in [3.63, 3.8) is 0 Å². The molecule has 1 unspecified atom stereocenters. The lowest BCUT2D eigenvalue weighted by Gasteiger charge is -2.14. The van der Waals surface area contributed by atoms with Gasteiger partial charge < -0.3 is 15.4 Å². The van der Waals surface area contributed by atoms with E-state index in [1.54, 1.807) is 6.92 Å². The fraction of sp³-hybridized carbons (Fsp3) is 0.286. The maximum absolute atomic E-state index is 13.2. The molecule has 0 aliphatic rings. The summed E-state index contributed by atoms with van der Waals surface area (Å²) in [5.74, 6) is -0.574. The van der Waals surface area contributed by atoms with Gasteiger partial charge in [-0.05, 0) is 25.1 Å². The summed E-state index contributed by atoms with van der Waals surface area (Å²) < 4.78 is 18.2. The normalized spacial score (nSPS) is 11.8. The summed E-state index contributed by atoms with van der Waals surface area (Å²) in [6.07, 6.45) is 1.18. The molecule has 0 aliphatic heterocycles. The van der Waals surface area contributed by atoms with Gasteiger partial charge in [-0.25, -0.2) is 14.4 Å². The van der Waals surface area contributed by atoms with Crippen LogP contribution in [0.2, 0.25) is 5.02 Å². The summed E-state index contributed by atoms with van der Waals surface area (Å²) in [5.41, 5.74) is 0.0278. The largest absolute Gasteiger partial charge is 0.383 e. The van der Waals surface area contributed by atoms with Gasteiger partial charge in [0.2, 0.25) is 11.6 Å². The number of ether oxygens (including phenoxy) is 1. The second-order valence-electron chi connectivity index (χ2n) is 4.93. The molecule has 0 saturated heterocycles. The predicted molar refractivity (Wildman–Crippen MR) is 88.3 cm³/mol. The van der Waals surface area contributed by atoms with E-state index in [1.165, 1.54) is 25.6 Å². The van der Waals surface area contributed by atoms with E-state index < -0.39 is 10.7 Å². The Bertz CT molecular complexity index is 746. The fourth-order valence-corrected chi connectivity index (χ4v) is 2.17. The molecule has 8 nitrogen and oxygen atoms in total. The zero-order chi connectivity index (χ0) is 17.7. The van der Waals surface area contributed by atoms with E-state index in [0.29, 0.717) is 12.3 Å². The van der Waals surface area contributed by atoms with Gasteiger partial charge in [-0.3, -0.25) is 10.1 Å². The van der Waals surface area contributed by atoms with Crippen LogP contribution in [0.4, 0.5) is 27.4 Å². The molecule has 1 heterocycles. The minimum absolute atomic E-state index is 0.0372. The molecule has 10 heteroatoms. The highest BCUT2D eigenvalue weighted by Crippen LogP contribution is 2.32. The molecule has 1 aromatic heterocycles. The quantitative estimate of drug-likeness (QED) is 0.579. The monoisotopic (exact) mass is 355 g/mol. The van der Waals surface area contributed by atoms with Gasteiger partial charge in [0.25, 0.3) is 0 Å². The zero-order valence-electron chi connectivity index (χ0n) is 12.9. The van der Waals surface area contributed by atoms with Gasteiger partial charge >= 0.3 is 5.69 Å². The Hall–Kier alpha value is -2.52. The standard InChI is InChI=1S/C14H15ClFN5O3/c1-8(6-24-2)19-13-12(21(22)23)14(18-7-17-13)20-9-3-4-11(16)10(15)5-9/h3-5,7-8H,6H2,1-2H3,(H2,17,18,19,20). The van der Waals surface area contributed by atoms with Crippen molar-refractivity contribution in [3.05, 3.63) is 45.5 Å². The summed E-state index contributed by atoms with van der Waals surface area (Å²) in [4.78, 5) is 18.6. The van der Waals surface area contributed by atoms with Crippen molar-refractivity contribution < 1.29 is 14.1 Å². The molecule has 128 valence electrons. The Morgan fingerprint density at radius 1 is 1.42 bits per heavy atom. The van der Waals surface area contributed by atoms with Gasteiger partial charge in [0.05, 0.1) is 16.6 Å². The Kier molecular flexibility index (Phi) is 5.83. The summed E-state index contributed by atoms with van der Waals surface area (Å²) >= 11 is 5.71. The first-order valence-corrected chi connectivity index (χ1v) is 7.27. The van der Waals surface area contributed by atoms with Crippen molar-refractivity contribution in [1.82, 2.24) is 9.97 Å². The van der Waals surface area contributed by atoms with Crippen LogP contribution in [-0.2, 0) is 4.74 Å². The van der Waals surface area contributed by atoms with Crippen molar-refractivity contribution in [3.8, 4) is 0 Å². The molecule has 1 aromatic carbocycles. The Morgan fingerprint density at radius 3 is 2.75 bits per heavy atom. The number of nitrogens with zero attached hydrogens (tertiary/aromatic N) is 3. The number of hydrogen-bond acceptors (Lipinski definition) is 7. The third-order valence-electron chi connectivity index (χ3n) is 2.99. The molecule has 2 rings (SSSR count). The number of nitro groups is 1. The molecule has 0 fully saturated rings. The zero-order valence-corrected chi connectivity index (χ0v) is 13.7. The van der Waals surface area contributed by atoms with Crippen LogP contribution >= 0.6 is 11.6 Å². The number of aromatic nitrogens is 2. The number of nitrogens with one attached hydrogen (secondary N) is 2. The van der Waals surface area contributed by atoms with Crippen LogP contribution in [0.1, 0.15) is 6.92 Å². The lowest BCUT2D eigenvalue weighted by atomic mass is 10.3. The van der Waals surface area contributed by atoms with E-state index in [0.717, 1.165) is 6.07 Å². The van der Waals surface area contributed by atoms with Crippen LogP contribution in [0.25, 0.3) is 0 Å². The second-order valence-corrected chi connectivity index (χ2v) is 5.34. The summed E-state index contributed by atoms with van der Waals surface area (Å²) in [6, 6.07) is 3.66. The molecule has 2 aromatic rings. The number of methoxy groups -OCH3 is 1. The van der Waals surface area contributed by atoms with Crippen LogP contribution in [-0.4, -0.2) is 34.6 Å². The van der Waals surface area contributed by atoms with E-state index in [9.17, 15) is 14.5 Å². The van der Waals surface area contributed by atoms with Crippen LogP contribution in [0.3, 0.4) is 0 Å². The molecule has 0 radical (unpaired) electrons. The average molecular weight is 356 g/mol. The number of halogens is 2. The topological polar surface area (TPSA) is 102 Å². The average Bonchev–Trinajstić information content (AvgIpc) is 2.51. The number of rotatable bonds is 7. The van der Waals surface area contributed by atoms with Gasteiger partial charge in [-0.2, -0.15) is 0 Å². The Labute approximate surface area is 142 Å². The van der Waals surface area contributed by atoms with Gasteiger partial charge in [-0.1, -0.05) is 11.6 Å². The van der Waals surface area contributed by atoms with Crippen molar-refractivity contribution in [2.24, 2.45) is 0 Å². The minimum atomic E-state index is -0.602. The first-order chi connectivity index (χ1) is 11.4. The maximum atomic E-state index is 13.2. The summed E-state index contributed by atoms with van der Waals surface area (Å²) in [7, 11) is 1.53. The molecule has 0 amide bonds. The summed E-state index contributed by atoms with van der Waals surface area (Å²) in [6.45, 7) is 2.14. The Balaban J connectivity index is 2.35. The van der Waals surface area contributed by atoms with E-state index in [4.69, 9.17) is 16.3 Å². The molecule has 0 bridgehead atoms. The molecule has 0 spiro atoms. The molecule has 2 N–H and O–H groups in total. The van der Waals surface area contributed by atoms with Crippen LogP contribution in [0.15, 0.2) is 24.5 Å². The maximum Gasteiger partial charge on any atom is 0.353 e. The highest BCUT2D eigenvalue weighted by molar-refractivity contribution is 6.31. The van der Waals surface area contributed by atoms with Crippen molar-refractivity contribution in [2.75, 3.05) is 24.4 Å². The lowest BCUT2D eigenvalue weighted by Crippen LogP contribution is -2.22. The van der Waals surface area contributed by atoms with Gasteiger partial charge in [0, 0.05) is 18.8 Å². The highest BCUT2D eigenvalue weighted by Gasteiger charge is 2.24. The SMILES string of the molecule is COCC(C)Nc1ncnc(Nc2ccc(F)c(Cl)c2)c1[N+](=O)[O-]. The second kappa shape index (κ2) is 7.84. The van der Waals surface area contributed by atoms with E-state index >= 15 is 0 Å². The van der Waals surface area contributed by atoms with Gasteiger partial charge in [0.15, 0.2) is 0 Å². The van der Waals surface area contributed by atoms with Crippen molar-refractivity contribution >= 4 is 34.6 Å². The molecular weight excluding hydrogens is 341 g/mol. The molecular formula is C14H15ClFN5O3. The first kappa shape index (κ1) is 17.8. The number of anilines is 3. The van der Waals surface area contributed by atoms with E-state index in [1.807, 2.05) is 0 Å². The van der Waals surface area contributed by atoms with Gasteiger partial charge in [-0.15, -0.1) is 0 Å². The van der Waals surface area contributed by atoms with Crippen molar-refractivity contribution in [1.29, 1.82) is 0 Å². The Morgan fingerprint density at radius 2 is 2.12 bits per heavy atom.